The van der Waals surface area contributed by atoms with E-state index in [4.69, 9.17) is 9.47 Å². The lowest BCUT2D eigenvalue weighted by Crippen LogP contribution is -2.46. The maximum absolute atomic E-state index is 12.4. The Hall–Kier alpha value is -2.51. The molecule has 0 N–H and O–H groups in total. The Morgan fingerprint density at radius 3 is 2.61 bits per heavy atom. The Balaban J connectivity index is 1.29. The Morgan fingerprint density at radius 2 is 1.79 bits per heavy atom. The van der Waals surface area contributed by atoms with Crippen molar-refractivity contribution in [3.63, 3.8) is 0 Å². The Labute approximate surface area is 164 Å². The summed E-state index contributed by atoms with van der Waals surface area (Å²) >= 11 is 0. The first-order valence-corrected chi connectivity index (χ1v) is 10.9. The summed E-state index contributed by atoms with van der Waals surface area (Å²) in [6, 6.07) is 11.7. The van der Waals surface area contributed by atoms with E-state index in [2.05, 4.69) is 21.9 Å². The van der Waals surface area contributed by atoms with E-state index < -0.39 is 9.84 Å². The molecule has 7 heteroatoms. The molecular weight excluding hydrogens is 376 g/mol. The largest absolute Gasteiger partial charge is 0.454 e. The molecule has 0 aromatic heterocycles. The van der Waals surface area contributed by atoms with Gasteiger partial charge in [-0.15, -0.1) is 0 Å². The number of sulfone groups is 1. The second kappa shape index (κ2) is 6.53. The SMILES string of the molecule is CC1=Cc2c(N3CCN(Cc4ccc5c(c4)OCO5)CC3)cccc2S1(=O)=O. The van der Waals surface area contributed by atoms with Crippen molar-refractivity contribution in [3.05, 3.63) is 52.4 Å². The fourth-order valence-electron chi connectivity index (χ4n) is 4.09. The molecular formula is C21H22N2O4S. The first-order chi connectivity index (χ1) is 13.5. The van der Waals surface area contributed by atoms with E-state index >= 15 is 0 Å². The van der Waals surface area contributed by atoms with Crippen LogP contribution in [0.5, 0.6) is 11.5 Å². The van der Waals surface area contributed by atoms with Crippen molar-refractivity contribution in [1.29, 1.82) is 0 Å². The highest BCUT2D eigenvalue weighted by atomic mass is 32.2. The molecule has 1 fully saturated rings. The lowest BCUT2D eigenvalue weighted by atomic mass is 10.1. The maximum Gasteiger partial charge on any atom is 0.231 e. The minimum atomic E-state index is -3.30. The van der Waals surface area contributed by atoms with E-state index in [0.29, 0.717) is 16.6 Å². The van der Waals surface area contributed by atoms with Crippen LogP contribution in [0.2, 0.25) is 0 Å². The van der Waals surface area contributed by atoms with Gasteiger partial charge in [-0.3, -0.25) is 4.90 Å². The number of ether oxygens (including phenoxy) is 2. The average molecular weight is 398 g/mol. The van der Waals surface area contributed by atoms with Crippen LogP contribution in [0.15, 0.2) is 46.2 Å². The van der Waals surface area contributed by atoms with Crippen LogP contribution in [-0.4, -0.2) is 46.3 Å². The monoisotopic (exact) mass is 398 g/mol. The molecule has 6 nitrogen and oxygen atoms in total. The number of anilines is 1. The quantitative estimate of drug-likeness (QED) is 0.792. The van der Waals surface area contributed by atoms with Gasteiger partial charge in [-0.25, -0.2) is 8.42 Å². The summed E-state index contributed by atoms with van der Waals surface area (Å²) in [5.74, 6) is 1.63. The fourth-order valence-corrected chi connectivity index (χ4v) is 5.42. The minimum Gasteiger partial charge on any atom is -0.454 e. The van der Waals surface area contributed by atoms with Crippen LogP contribution in [0.1, 0.15) is 18.1 Å². The van der Waals surface area contributed by atoms with Crippen molar-refractivity contribution in [1.82, 2.24) is 4.90 Å². The highest BCUT2D eigenvalue weighted by Crippen LogP contribution is 2.38. The van der Waals surface area contributed by atoms with Crippen LogP contribution in [0.3, 0.4) is 0 Å². The molecule has 0 radical (unpaired) electrons. The second-order valence-electron chi connectivity index (χ2n) is 7.40. The molecule has 3 aliphatic heterocycles. The van der Waals surface area contributed by atoms with Crippen molar-refractivity contribution in [3.8, 4) is 11.5 Å². The number of fused-ring (bicyclic) bond motifs is 2. The number of piperazine rings is 1. The molecule has 0 bridgehead atoms. The zero-order valence-electron chi connectivity index (χ0n) is 15.7. The predicted molar refractivity (Wildman–Crippen MR) is 107 cm³/mol. The molecule has 0 amide bonds. The number of nitrogens with zero attached hydrogens (tertiary/aromatic N) is 2. The van der Waals surface area contributed by atoms with Gasteiger partial charge in [-0.05, 0) is 42.8 Å². The molecule has 2 aromatic carbocycles. The van der Waals surface area contributed by atoms with E-state index in [1.807, 2.05) is 18.2 Å². The van der Waals surface area contributed by atoms with Crippen LogP contribution < -0.4 is 14.4 Å². The Kier molecular flexibility index (Phi) is 4.10. The lowest BCUT2D eigenvalue weighted by molar-refractivity contribution is 0.174. The highest BCUT2D eigenvalue weighted by molar-refractivity contribution is 7.95. The van der Waals surface area contributed by atoms with Crippen molar-refractivity contribution in [2.75, 3.05) is 37.9 Å². The van der Waals surface area contributed by atoms with Gasteiger partial charge in [-0.1, -0.05) is 12.1 Å². The maximum atomic E-state index is 12.4. The predicted octanol–water partition coefficient (Wildman–Crippen LogP) is 2.89. The molecule has 0 atom stereocenters. The Bertz CT molecular complexity index is 1070. The number of hydrogen-bond acceptors (Lipinski definition) is 6. The van der Waals surface area contributed by atoms with Crippen LogP contribution >= 0.6 is 0 Å². The summed E-state index contributed by atoms with van der Waals surface area (Å²) in [5, 5.41) is 0. The molecule has 3 heterocycles. The van der Waals surface area contributed by atoms with Crippen molar-refractivity contribution in [2.24, 2.45) is 0 Å². The van der Waals surface area contributed by atoms with Gasteiger partial charge in [0.1, 0.15) is 0 Å². The molecule has 0 aliphatic carbocycles. The molecule has 3 aliphatic rings. The standard InChI is InChI=1S/C21H22N2O4S/c1-15-11-17-18(3-2-4-21(17)28(15,24)25)23-9-7-22(8-10-23)13-16-5-6-19-20(12-16)27-14-26-19/h2-6,11-12H,7-10,13-14H2,1H3. The van der Waals surface area contributed by atoms with E-state index in [1.165, 1.54) is 5.56 Å². The molecule has 0 saturated carbocycles. The normalized spacial score (nSPS) is 20.2. The summed E-state index contributed by atoms with van der Waals surface area (Å²) in [5.41, 5.74) is 3.06. The first kappa shape index (κ1) is 17.6. The number of hydrogen-bond donors (Lipinski definition) is 0. The first-order valence-electron chi connectivity index (χ1n) is 9.44. The summed E-state index contributed by atoms with van der Waals surface area (Å²) in [6.45, 7) is 6.42. The molecule has 2 aromatic rings. The van der Waals surface area contributed by atoms with Gasteiger partial charge >= 0.3 is 0 Å². The summed E-state index contributed by atoms with van der Waals surface area (Å²) in [7, 11) is -3.30. The van der Waals surface area contributed by atoms with Crippen LogP contribution in [-0.2, 0) is 16.4 Å². The van der Waals surface area contributed by atoms with Gasteiger partial charge in [-0.2, -0.15) is 0 Å². The van der Waals surface area contributed by atoms with Gasteiger partial charge < -0.3 is 14.4 Å². The van der Waals surface area contributed by atoms with Gasteiger partial charge in [0.25, 0.3) is 0 Å². The van der Waals surface area contributed by atoms with Gasteiger partial charge in [0.05, 0.1) is 4.90 Å². The number of benzene rings is 2. The third kappa shape index (κ3) is 2.86. The van der Waals surface area contributed by atoms with E-state index in [9.17, 15) is 8.42 Å². The topological polar surface area (TPSA) is 59.1 Å². The van der Waals surface area contributed by atoms with Gasteiger partial charge in [0.15, 0.2) is 11.5 Å². The summed E-state index contributed by atoms with van der Waals surface area (Å²) < 4.78 is 35.7. The lowest BCUT2D eigenvalue weighted by Gasteiger charge is -2.36. The van der Waals surface area contributed by atoms with Gasteiger partial charge in [0, 0.05) is 48.9 Å². The number of rotatable bonds is 3. The molecule has 28 heavy (non-hydrogen) atoms. The number of allylic oxidation sites excluding steroid dienone is 1. The zero-order chi connectivity index (χ0) is 19.3. The molecule has 5 rings (SSSR count). The van der Waals surface area contributed by atoms with Crippen molar-refractivity contribution < 1.29 is 17.9 Å². The zero-order valence-corrected chi connectivity index (χ0v) is 16.5. The smallest absolute Gasteiger partial charge is 0.231 e. The second-order valence-corrected chi connectivity index (χ2v) is 9.49. The van der Waals surface area contributed by atoms with Crippen molar-refractivity contribution in [2.45, 2.75) is 18.4 Å². The van der Waals surface area contributed by atoms with Crippen LogP contribution in [0.25, 0.3) is 6.08 Å². The van der Waals surface area contributed by atoms with E-state index in [0.717, 1.165) is 55.5 Å². The third-order valence-electron chi connectivity index (χ3n) is 5.66. The Morgan fingerprint density at radius 1 is 1.00 bits per heavy atom. The third-order valence-corrected chi connectivity index (χ3v) is 7.56. The molecule has 0 unspecified atom stereocenters. The molecule has 0 spiro atoms. The highest BCUT2D eigenvalue weighted by Gasteiger charge is 2.30. The molecule has 1 saturated heterocycles. The van der Waals surface area contributed by atoms with Crippen LogP contribution in [0, 0.1) is 0 Å². The molecule has 146 valence electrons. The van der Waals surface area contributed by atoms with Gasteiger partial charge in [0.2, 0.25) is 16.6 Å². The minimum absolute atomic E-state index is 0.294. The van der Waals surface area contributed by atoms with Crippen LogP contribution in [0.4, 0.5) is 5.69 Å². The summed E-state index contributed by atoms with van der Waals surface area (Å²) in [4.78, 5) is 5.57. The fraction of sp³-hybridized carbons (Fsp3) is 0.333. The van der Waals surface area contributed by atoms with Crippen molar-refractivity contribution >= 4 is 21.6 Å². The summed E-state index contributed by atoms with van der Waals surface area (Å²) in [6.07, 6.45) is 1.80. The average Bonchev–Trinajstić information content (AvgIpc) is 3.25. The van der Waals surface area contributed by atoms with E-state index in [1.54, 1.807) is 19.1 Å². The van der Waals surface area contributed by atoms with E-state index in [-0.39, 0.29) is 0 Å².